The molecule has 0 amide bonds. The van der Waals surface area contributed by atoms with Crippen LogP contribution in [-0.4, -0.2) is 23.0 Å². The van der Waals surface area contributed by atoms with Gasteiger partial charge >= 0.3 is 0 Å². The number of aromatic nitrogens is 3. The van der Waals surface area contributed by atoms with Crippen LogP contribution in [0.3, 0.4) is 0 Å². The van der Waals surface area contributed by atoms with Gasteiger partial charge in [0, 0.05) is 66.2 Å². The Morgan fingerprint density at radius 3 is 1.76 bits per heavy atom. The number of aryl methyl sites for hydroxylation is 1. The van der Waals surface area contributed by atoms with Crippen LogP contribution in [0.4, 0.5) is 0 Å². The van der Waals surface area contributed by atoms with E-state index in [1.54, 1.807) is 0 Å². The number of fused-ring (bicyclic) bond motifs is 4. The van der Waals surface area contributed by atoms with Gasteiger partial charge < -0.3 is 4.42 Å². The molecule has 0 fully saturated rings. The molecule has 0 spiro atoms. The Morgan fingerprint density at radius 1 is 0.514 bits per heavy atom. The van der Waals surface area contributed by atoms with Gasteiger partial charge in [-0.2, -0.15) is 0 Å². The van der Waals surface area contributed by atoms with E-state index in [1.807, 2.05) is 30.6 Å². The standard InChI is InChI=1S/C33H29NO.C18H25NSi.C15H17N.Ir/c1-21-20-34-30(17-26(21)19-33(2,3)4)29-11-7-10-28-27-15-14-25(18-31(27)35-32(28)29)24-13-12-22-8-5-6-9-23(22)16-24;1-14(2)11-16-12-17(15-9-7-6-8-10-15)19-13-18(16)20(3,4)5;1-12(2)10-13-8-9-16-15(11-13)14-6-4-3-5-7-14;/h5-18,20H,19H2,1-4H3;6-10,12-14H,11H2,1-5H3;3-9,11-12H,10H2,1-2H3;. The number of benzene rings is 6. The van der Waals surface area contributed by atoms with Gasteiger partial charge in [0.2, 0.25) is 0 Å². The van der Waals surface area contributed by atoms with Crippen molar-refractivity contribution in [3.8, 4) is 44.9 Å². The van der Waals surface area contributed by atoms with E-state index in [2.05, 4.69) is 232 Å². The van der Waals surface area contributed by atoms with Crippen LogP contribution in [0.2, 0.25) is 19.6 Å². The summed E-state index contributed by atoms with van der Waals surface area (Å²) in [6.07, 6.45) is 9.30. The van der Waals surface area contributed by atoms with Crippen LogP contribution in [-0.2, 0) is 39.4 Å². The third kappa shape index (κ3) is 13.6. The van der Waals surface area contributed by atoms with Gasteiger partial charge in [-0.1, -0.05) is 183 Å². The summed E-state index contributed by atoms with van der Waals surface area (Å²) in [5, 5.41) is 6.26. The Bertz CT molecular complexity index is 3380. The van der Waals surface area contributed by atoms with E-state index in [-0.39, 0.29) is 25.5 Å². The summed E-state index contributed by atoms with van der Waals surface area (Å²) in [5.74, 6) is 1.36. The first-order valence-electron chi connectivity index (χ1n) is 25.4. The normalized spacial score (nSPS) is 11.6. The third-order valence-electron chi connectivity index (χ3n) is 12.8. The van der Waals surface area contributed by atoms with Gasteiger partial charge in [-0.25, -0.2) is 0 Å². The number of rotatable bonds is 10. The minimum absolute atomic E-state index is 0. The van der Waals surface area contributed by atoms with Crippen molar-refractivity contribution in [3.05, 3.63) is 205 Å². The minimum Gasteiger partial charge on any atom is -0.455 e. The number of furan rings is 1. The second kappa shape index (κ2) is 23.5. The van der Waals surface area contributed by atoms with Crippen LogP contribution >= 0.6 is 0 Å². The van der Waals surface area contributed by atoms with Crippen molar-refractivity contribution in [2.45, 2.75) is 94.3 Å². The van der Waals surface area contributed by atoms with Crippen molar-refractivity contribution in [2.24, 2.45) is 17.3 Å². The zero-order chi connectivity index (χ0) is 50.3. The molecule has 72 heavy (non-hydrogen) atoms. The van der Waals surface area contributed by atoms with Crippen molar-refractivity contribution in [1.82, 2.24) is 15.0 Å². The Hall–Kier alpha value is -6.30. The molecule has 0 saturated heterocycles. The number of pyridine rings is 3. The summed E-state index contributed by atoms with van der Waals surface area (Å²) in [6, 6.07) is 57.6. The monoisotopic (exact) mass is 1140 g/mol. The van der Waals surface area contributed by atoms with Crippen LogP contribution in [0.5, 0.6) is 0 Å². The summed E-state index contributed by atoms with van der Waals surface area (Å²) in [4.78, 5) is 13.9. The molecule has 0 saturated carbocycles. The van der Waals surface area contributed by atoms with Gasteiger partial charge in [-0.15, -0.1) is 0 Å². The smallest absolute Gasteiger partial charge is 0.144 e. The van der Waals surface area contributed by atoms with Crippen molar-refractivity contribution < 1.29 is 24.5 Å². The first-order valence-corrected chi connectivity index (χ1v) is 28.9. The maximum Gasteiger partial charge on any atom is 0.144 e. The molecule has 10 rings (SSSR count). The second-order valence-corrected chi connectivity index (χ2v) is 27.3. The van der Waals surface area contributed by atoms with Crippen LogP contribution in [0.15, 0.2) is 187 Å². The minimum atomic E-state index is -1.33. The Balaban J connectivity index is 0.000000174. The molecular weight excluding hydrogens is 1070 g/mol. The Kier molecular flexibility index (Phi) is 17.5. The van der Waals surface area contributed by atoms with Crippen molar-refractivity contribution >= 4 is 46.0 Å². The quantitative estimate of drug-likeness (QED) is 0.128. The van der Waals surface area contributed by atoms with E-state index in [0.29, 0.717) is 11.8 Å². The van der Waals surface area contributed by atoms with Gasteiger partial charge in [0.25, 0.3) is 0 Å². The number of hydrogen-bond acceptors (Lipinski definition) is 4. The first kappa shape index (κ1) is 53.5. The zero-order valence-electron chi connectivity index (χ0n) is 44.2. The summed E-state index contributed by atoms with van der Waals surface area (Å²) >= 11 is 0. The van der Waals surface area contributed by atoms with Crippen molar-refractivity contribution in [2.75, 3.05) is 0 Å². The maximum absolute atomic E-state index is 6.52. The van der Waals surface area contributed by atoms with Crippen LogP contribution in [0.25, 0.3) is 77.6 Å². The zero-order valence-corrected chi connectivity index (χ0v) is 47.6. The molecule has 4 nitrogen and oxygen atoms in total. The van der Waals surface area contributed by atoms with Crippen LogP contribution < -0.4 is 5.19 Å². The van der Waals surface area contributed by atoms with Gasteiger partial charge in [0.05, 0.1) is 25.2 Å². The van der Waals surface area contributed by atoms with Crippen LogP contribution in [0.1, 0.15) is 70.7 Å². The molecule has 0 bridgehead atoms. The predicted octanol–water partition coefficient (Wildman–Crippen LogP) is 17.8. The van der Waals surface area contributed by atoms with Crippen molar-refractivity contribution in [3.63, 3.8) is 0 Å². The fourth-order valence-electron chi connectivity index (χ4n) is 9.41. The predicted molar refractivity (Wildman–Crippen MR) is 307 cm³/mol. The van der Waals surface area contributed by atoms with Crippen LogP contribution in [0, 0.1) is 24.2 Å². The number of hydrogen-bond donors (Lipinski definition) is 0. The molecule has 0 aliphatic carbocycles. The maximum atomic E-state index is 6.52. The Morgan fingerprint density at radius 2 is 1.11 bits per heavy atom. The van der Waals surface area contributed by atoms with E-state index in [1.165, 1.54) is 54.9 Å². The molecular formula is C66H71IrN3OSi. The van der Waals surface area contributed by atoms with E-state index in [0.717, 1.165) is 69.4 Å². The molecule has 1 radical (unpaired) electrons. The largest absolute Gasteiger partial charge is 0.455 e. The SMILES string of the molecule is CC(C)Cc1cc(-c2ccccc2)ncc1[Si](C)(C)C.CC(C)Cc1ccnc(-c2ccccc2)c1.Cc1cnc(-c2cccc3c2oc2cc(-c4ccc5ccccc5c4)ccc23)cc1CC(C)(C)C.[Ir]. The van der Waals surface area contributed by atoms with E-state index >= 15 is 0 Å². The summed E-state index contributed by atoms with van der Waals surface area (Å²) in [5.41, 5.74) is 16.4. The molecule has 0 N–H and O–H groups in total. The molecule has 6 aromatic carbocycles. The molecule has 6 heteroatoms. The fraction of sp³-hybridized carbons (Fsp3) is 0.258. The molecule has 0 atom stereocenters. The van der Waals surface area contributed by atoms with E-state index in [9.17, 15) is 0 Å². The summed E-state index contributed by atoms with van der Waals surface area (Å²) in [6.45, 7) is 25.2. The molecule has 4 heterocycles. The average molecular weight is 1140 g/mol. The first-order chi connectivity index (χ1) is 34.0. The number of nitrogens with zero attached hydrogens (tertiary/aromatic N) is 3. The average Bonchev–Trinajstić information content (AvgIpc) is 3.73. The fourth-order valence-corrected chi connectivity index (χ4v) is 11.0. The van der Waals surface area contributed by atoms with Gasteiger partial charge in [0.1, 0.15) is 11.2 Å². The molecule has 0 aliphatic heterocycles. The van der Waals surface area contributed by atoms with Gasteiger partial charge in [-0.05, 0) is 141 Å². The van der Waals surface area contributed by atoms with E-state index in [4.69, 9.17) is 14.4 Å². The topological polar surface area (TPSA) is 51.8 Å². The van der Waals surface area contributed by atoms with Crippen molar-refractivity contribution in [1.29, 1.82) is 0 Å². The number of para-hydroxylation sites is 1. The third-order valence-corrected chi connectivity index (χ3v) is 14.9. The molecule has 4 aromatic heterocycles. The molecule has 0 aliphatic rings. The molecule has 10 aromatic rings. The van der Waals surface area contributed by atoms with Gasteiger partial charge in [-0.3, -0.25) is 15.0 Å². The summed E-state index contributed by atoms with van der Waals surface area (Å²) in [7, 11) is -1.33. The Labute approximate surface area is 443 Å². The second-order valence-electron chi connectivity index (χ2n) is 22.2. The van der Waals surface area contributed by atoms with E-state index < -0.39 is 8.07 Å². The van der Waals surface area contributed by atoms with Gasteiger partial charge in [0.15, 0.2) is 0 Å². The molecule has 0 unspecified atom stereocenters. The summed E-state index contributed by atoms with van der Waals surface area (Å²) < 4.78 is 6.52. The molecule has 369 valence electrons.